The van der Waals surface area contributed by atoms with Crippen molar-refractivity contribution in [1.82, 2.24) is 25.7 Å². The Kier molecular flexibility index (Phi) is 7.33. The third-order valence-electron chi connectivity index (χ3n) is 7.26. The van der Waals surface area contributed by atoms with Crippen LogP contribution in [0.15, 0.2) is 40.9 Å². The molecule has 2 aliphatic rings. The maximum Gasteiger partial charge on any atom is 0.416 e. The summed E-state index contributed by atoms with van der Waals surface area (Å²) in [7, 11) is 0. The number of amides is 3. The van der Waals surface area contributed by atoms with E-state index >= 15 is 0 Å². The minimum Gasteiger partial charge on any atom is -0.352 e. The van der Waals surface area contributed by atoms with Gasteiger partial charge in [0.15, 0.2) is 5.82 Å². The van der Waals surface area contributed by atoms with Gasteiger partial charge in [0, 0.05) is 26.2 Å². The molecule has 2 heterocycles. The van der Waals surface area contributed by atoms with Gasteiger partial charge in [-0.3, -0.25) is 4.79 Å². The molecule has 0 radical (unpaired) electrons. The summed E-state index contributed by atoms with van der Waals surface area (Å²) in [6.45, 7) is 5.23. The number of rotatable bonds is 7. The van der Waals surface area contributed by atoms with Gasteiger partial charge in [-0.1, -0.05) is 36.3 Å². The zero-order chi connectivity index (χ0) is 27.7. The first kappa shape index (κ1) is 26.7. The van der Waals surface area contributed by atoms with Crippen molar-refractivity contribution in [3.8, 4) is 11.1 Å². The van der Waals surface area contributed by atoms with Crippen molar-refractivity contribution in [3.05, 3.63) is 70.4 Å². The molecule has 0 saturated heterocycles. The summed E-state index contributed by atoms with van der Waals surface area (Å²) in [4.78, 5) is 31.5. The normalized spacial score (nSPS) is 18.4. The standard InChI is InChI=1S/C28H30F3N5O3/c1-3-10-32-27(38)36-11-9-21-20(17-5-4-6-19(12-17)28(29,30)31)8-7-18(24(21)15-36)14-33-25(37)22-13-23(22)26-34-16(2)35-39-26/h4-8,12,22-23H,3,9-11,13-15H2,1-2H3,(H,32,38)(H,33,37). The molecule has 2 N–H and O–H groups in total. The molecule has 39 heavy (non-hydrogen) atoms. The SMILES string of the molecule is CCCNC(=O)N1CCc2c(-c3cccc(C(F)(F)F)c3)ccc(CNC(=O)C3CC3c3nc(C)no3)c2C1. The summed E-state index contributed by atoms with van der Waals surface area (Å²) in [6, 6.07) is 8.74. The van der Waals surface area contributed by atoms with Crippen molar-refractivity contribution >= 4 is 11.9 Å². The van der Waals surface area contributed by atoms with Crippen molar-refractivity contribution in [2.75, 3.05) is 13.1 Å². The zero-order valence-corrected chi connectivity index (χ0v) is 21.8. The number of nitrogens with one attached hydrogen (secondary N) is 2. The van der Waals surface area contributed by atoms with Crippen LogP contribution in [0.1, 0.15) is 59.7 Å². The lowest BCUT2D eigenvalue weighted by Crippen LogP contribution is -2.43. The minimum absolute atomic E-state index is 0.0962. The summed E-state index contributed by atoms with van der Waals surface area (Å²) >= 11 is 0. The molecule has 3 aromatic rings. The molecule has 206 valence electrons. The topological polar surface area (TPSA) is 100 Å². The summed E-state index contributed by atoms with van der Waals surface area (Å²) < 4.78 is 45.4. The Morgan fingerprint density at radius 3 is 2.69 bits per heavy atom. The van der Waals surface area contributed by atoms with Gasteiger partial charge in [-0.25, -0.2) is 4.79 Å². The predicted octanol–water partition coefficient (Wildman–Crippen LogP) is 4.96. The Bertz CT molecular complexity index is 1390. The second kappa shape index (κ2) is 10.7. The number of nitrogens with zero attached hydrogens (tertiary/aromatic N) is 3. The van der Waals surface area contributed by atoms with Crippen LogP contribution in [0, 0.1) is 12.8 Å². The number of carbonyl (C=O) groups excluding carboxylic acids is 2. The molecule has 1 saturated carbocycles. The molecule has 2 unspecified atom stereocenters. The largest absolute Gasteiger partial charge is 0.416 e. The van der Waals surface area contributed by atoms with Crippen molar-refractivity contribution in [2.45, 2.75) is 58.3 Å². The molecule has 2 aromatic carbocycles. The van der Waals surface area contributed by atoms with Gasteiger partial charge in [-0.15, -0.1) is 0 Å². The molecule has 2 atom stereocenters. The van der Waals surface area contributed by atoms with E-state index in [9.17, 15) is 22.8 Å². The van der Waals surface area contributed by atoms with Crippen LogP contribution in [-0.4, -0.2) is 40.1 Å². The highest BCUT2D eigenvalue weighted by Crippen LogP contribution is 2.47. The number of hydrogen-bond donors (Lipinski definition) is 2. The van der Waals surface area contributed by atoms with Crippen LogP contribution >= 0.6 is 0 Å². The van der Waals surface area contributed by atoms with E-state index in [0.717, 1.165) is 35.2 Å². The first-order valence-corrected chi connectivity index (χ1v) is 13.1. The number of aryl methyl sites for hydroxylation is 1. The number of hydrogen-bond acceptors (Lipinski definition) is 5. The van der Waals surface area contributed by atoms with Crippen LogP contribution in [0.5, 0.6) is 0 Å². The van der Waals surface area contributed by atoms with E-state index in [1.54, 1.807) is 17.9 Å². The molecule has 11 heteroatoms. The quantitative estimate of drug-likeness (QED) is 0.440. The second-order valence-corrected chi connectivity index (χ2v) is 10.1. The van der Waals surface area contributed by atoms with E-state index in [-0.39, 0.29) is 30.3 Å². The van der Waals surface area contributed by atoms with Crippen molar-refractivity contribution in [1.29, 1.82) is 0 Å². The Morgan fingerprint density at radius 2 is 1.97 bits per heavy atom. The molecular formula is C28H30F3N5O3. The number of benzene rings is 2. The molecule has 1 aromatic heterocycles. The lowest BCUT2D eigenvalue weighted by molar-refractivity contribution is -0.137. The van der Waals surface area contributed by atoms with Crippen LogP contribution < -0.4 is 10.6 Å². The van der Waals surface area contributed by atoms with Gasteiger partial charge >= 0.3 is 12.2 Å². The molecule has 3 amide bonds. The molecule has 1 fully saturated rings. The number of carbonyl (C=O) groups is 2. The summed E-state index contributed by atoms with van der Waals surface area (Å²) in [5.41, 5.74) is 3.03. The van der Waals surface area contributed by atoms with Crippen LogP contribution in [0.4, 0.5) is 18.0 Å². The van der Waals surface area contributed by atoms with Gasteiger partial charge in [0.05, 0.1) is 17.4 Å². The third kappa shape index (κ3) is 5.76. The van der Waals surface area contributed by atoms with E-state index < -0.39 is 11.7 Å². The molecule has 5 rings (SSSR count). The summed E-state index contributed by atoms with van der Waals surface area (Å²) in [5.74, 6) is 0.516. The predicted molar refractivity (Wildman–Crippen MR) is 136 cm³/mol. The van der Waals surface area contributed by atoms with Gasteiger partial charge in [0.2, 0.25) is 11.8 Å². The van der Waals surface area contributed by atoms with Gasteiger partial charge < -0.3 is 20.1 Å². The average Bonchev–Trinajstić information content (AvgIpc) is 3.62. The fraction of sp³-hybridized carbons (Fsp3) is 0.429. The Labute approximate surface area is 224 Å². The summed E-state index contributed by atoms with van der Waals surface area (Å²) in [6.07, 6.45) is -2.53. The minimum atomic E-state index is -4.45. The van der Waals surface area contributed by atoms with Crippen LogP contribution in [-0.2, 0) is 30.5 Å². The fourth-order valence-electron chi connectivity index (χ4n) is 5.09. The number of urea groups is 1. The van der Waals surface area contributed by atoms with Gasteiger partial charge in [-0.2, -0.15) is 18.2 Å². The first-order valence-electron chi connectivity index (χ1n) is 13.1. The monoisotopic (exact) mass is 541 g/mol. The van der Waals surface area contributed by atoms with E-state index in [0.29, 0.717) is 55.3 Å². The molecule has 0 spiro atoms. The molecule has 1 aliphatic heterocycles. The second-order valence-electron chi connectivity index (χ2n) is 10.1. The lowest BCUT2D eigenvalue weighted by Gasteiger charge is -2.32. The highest BCUT2D eigenvalue weighted by molar-refractivity contribution is 5.82. The van der Waals surface area contributed by atoms with Gasteiger partial charge in [-0.05, 0) is 66.1 Å². The van der Waals surface area contributed by atoms with E-state index in [2.05, 4.69) is 20.8 Å². The highest BCUT2D eigenvalue weighted by atomic mass is 19.4. The van der Waals surface area contributed by atoms with Crippen molar-refractivity contribution in [2.24, 2.45) is 5.92 Å². The number of alkyl halides is 3. The average molecular weight is 542 g/mol. The van der Waals surface area contributed by atoms with E-state index in [4.69, 9.17) is 4.52 Å². The highest BCUT2D eigenvalue weighted by Gasteiger charge is 2.47. The number of halogens is 3. The first-order chi connectivity index (χ1) is 18.7. The number of fused-ring (bicyclic) bond motifs is 1. The van der Waals surface area contributed by atoms with E-state index in [1.165, 1.54) is 6.07 Å². The Hall–Kier alpha value is -3.89. The molecule has 0 bridgehead atoms. The molecule has 8 nitrogen and oxygen atoms in total. The lowest BCUT2D eigenvalue weighted by atomic mass is 9.87. The van der Waals surface area contributed by atoms with Crippen molar-refractivity contribution in [3.63, 3.8) is 0 Å². The van der Waals surface area contributed by atoms with Crippen LogP contribution in [0.3, 0.4) is 0 Å². The Balaban J connectivity index is 1.39. The van der Waals surface area contributed by atoms with Gasteiger partial charge in [0.1, 0.15) is 0 Å². The molecule has 1 aliphatic carbocycles. The number of aromatic nitrogens is 2. The Morgan fingerprint density at radius 1 is 1.15 bits per heavy atom. The maximum atomic E-state index is 13.4. The smallest absolute Gasteiger partial charge is 0.352 e. The van der Waals surface area contributed by atoms with Gasteiger partial charge in [0.25, 0.3) is 0 Å². The maximum absolute atomic E-state index is 13.4. The van der Waals surface area contributed by atoms with Crippen LogP contribution in [0.2, 0.25) is 0 Å². The van der Waals surface area contributed by atoms with Crippen LogP contribution in [0.25, 0.3) is 11.1 Å². The zero-order valence-electron chi connectivity index (χ0n) is 21.8. The van der Waals surface area contributed by atoms with E-state index in [1.807, 2.05) is 19.1 Å². The fourth-order valence-corrected chi connectivity index (χ4v) is 5.09. The summed E-state index contributed by atoms with van der Waals surface area (Å²) in [5, 5.41) is 9.67. The molecular weight excluding hydrogens is 511 g/mol. The third-order valence-corrected chi connectivity index (χ3v) is 7.26. The van der Waals surface area contributed by atoms with Crippen molar-refractivity contribution < 1.29 is 27.3 Å².